The number of rotatable bonds is 1. The van der Waals surface area contributed by atoms with Crippen LogP contribution < -0.4 is 5.73 Å². The van der Waals surface area contributed by atoms with Crippen molar-refractivity contribution in [1.82, 2.24) is 0 Å². The lowest BCUT2D eigenvalue weighted by atomic mass is 10.0. The number of aryl methyl sites for hydroxylation is 1. The maximum atomic E-state index is 13.8. The average molecular weight is 280 g/mol. The summed E-state index contributed by atoms with van der Waals surface area (Å²) in [5.41, 5.74) is 8.37. The van der Waals surface area contributed by atoms with Crippen LogP contribution in [0.1, 0.15) is 5.56 Å². The van der Waals surface area contributed by atoms with E-state index in [1.54, 1.807) is 6.92 Å². The minimum atomic E-state index is -0.390. The Kier molecular flexibility index (Phi) is 2.97. The maximum absolute atomic E-state index is 13.8. The van der Waals surface area contributed by atoms with Crippen LogP contribution >= 0.6 is 15.9 Å². The number of nitrogen functional groups attached to an aromatic ring is 1. The molecule has 0 saturated carbocycles. The van der Waals surface area contributed by atoms with E-state index in [0.29, 0.717) is 4.47 Å². The lowest BCUT2D eigenvalue weighted by Gasteiger charge is -2.10. The predicted octanol–water partition coefficient (Wildman–Crippen LogP) is 4.15. The highest BCUT2D eigenvalue weighted by Crippen LogP contribution is 2.34. The lowest BCUT2D eigenvalue weighted by molar-refractivity contribution is 0.625. The lowest BCUT2D eigenvalue weighted by Crippen LogP contribution is -1.97. The Morgan fingerprint density at radius 3 is 2.44 bits per heavy atom. The van der Waals surface area contributed by atoms with Crippen molar-refractivity contribution in [2.24, 2.45) is 0 Å². The second kappa shape index (κ2) is 4.26. The van der Waals surface area contributed by atoms with E-state index in [1.165, 1.54) is 0 Å². The van der Waals surface area contributed by atoms with Gasteiger partial charge in [-0.3, -0.25) is 0 Å². The monoisotopic (exact) mass is 279 g/mol. The van der Waals surface area contributed by atoms with Gasteiger partial charge in [0.05, 0.1) is 10.2 Å². The van der Waals surface area contributed by atoms with Crippen LogP contribution in [0.5, 0.6) is 0 Å². The minimum absolute atomic E-state index is 0.201. The first kappa shape index (κ1) is 11.1. The Labute approximate surface area is 102 Å². The van der Waals surface area contributed by atoms with Crippen molar-refractivity contribution in [1.29, 1.82) is 0 Å². The van der Waals surface area contributed by atoms with Gasteiger partial charge in [-0.05, 0) is 45.6 Å². The van der Waals surface area contributed by atoms with Gasteiger partial charge in [0, 0.05) is 0 Å². The first-order chi connectivity index (χ1) is 7.61. The average Bonchev–Trinajstić information content (AvgIpc) is 2.32. The summed E-state index contributed by atoms with van der Waals surface area (Å²) in [5, 5.41) is 0. The molecule has 0 atom stereocenters. The zero-order chi connectivity index (χ0) is 11.7. The molecule has 0 fully saturated rings. The van der Waals surface area contributed by atoms with Gasteiger partial charge in [0.15, 0.2) is 5.82 Å². The van der Waals surface area contributed by atoms with Crippen molar-refractivity contribution >= 4 is 21.6 Å². The summed E-state index contributed by atoms with van der Waals surface area (Å²) in [6, 6.07) is 11.5. The molecule has 0 saturated heterocycles. The Balaban J connectivity index is 2.68. The van der Waals surface area contributed by atoms with Crippen LogP contribution in [0.4, 0.5) is 10.1 Å². The summed E-state index contributed by atoms with van der Waals surface area (Å²) in [7, 11) is 0. The number of hydrogen-bond donors (Lipinski definition) is 1. The third kappa shape index (κ3) is 1.83. The zero-order valence-corrected chi connectivity index (χ0v) is 10.4. The van der Waals surface area contributed by atoms with Crippen molar-refractivity contribution in [2.75, 3.05) is 5.73 Å². The van der Waals surface area contributed by atoms with Gasteiger partial charge in [0.2, 0.25) is 0 Å². The Hall–Kier alpha value is -1.35. The van der Waals surface area contributed by atoms with Crippen LogP contribution in [0.3, 0.4) is 0 Å². The van der Waals surface area contributed by atoms with Crippen molar-refractivity contribution in [3.05, 3.63) is 52.3 Å². The normalized spacial score (nSPS) is 10.4. The summed E-state index contributed by atoms with van der Waals surface area (Å²) in [6.07, 6.45) is 0. The molecular weight excluding hydrogens is 269 g/mol. The van der Waals surface area contributed by atoms with Crippen molar-refractivity contribution in [3.8, 4) is 11.1 Å². The summed E-state index contributed by atoms with van der Waals surface area (Å²) in [5.74, 6) is -0.390. The Morgan fingerprint density at radius 2 is 1.81 bits per heavy atom. The molecule has 2 rings (SSSR count). The second-order valence-electron chi connectivity index (χ2n) is 3.65. The van der Waals surface area contributed by atoms with Gasteiger partial charge in [-0.2, -0.15) is 0 Å². The molecule has 3 heteroatoms. The van der Waals surface area contributed by atoms with Crippen LogP contribution in [0.15, 0.2) is 40.9 Å². The van der Waals surface area contributed by atoms with Crippen molar-refractivity contribution in [3.63, 3.8) is 0 Å². The molecule has 2 aromatic carbocycles. The SMILES string of the molecule is Cc1cc(-c2ccccc2)c(Br)c(F)c1N. The smallest absolute Gasteiger partial charge is 0.161 e. The number of anilines is 1. The maximum Gasteiger partial charge on any atom is 0.161 e. The third-order valence-corrected chi connectivity index (χ3v) is 3.31. The summed E-state index contributed by atoms with van der Waals surface area (Å²) >= 11 is 3.25. The summed E-state index contributed by atoms with van der Waals surface area (Å²) < 4.78 is 14.2. The van der Waals surface area contributed by atoms with Crippen LogP contribution in [-0.2, 0) is 0 Å². The van der Waals surface area contributed by atoms with E-state index < -0.39 is 0 Å². The number of hydrogen-bond acceptors (Lipinski definition) is 1. The van der Waals surface area contributed by atoms with Gasteiger partial charge >= 0.3 is 0 Å². The van der Waals surface area contributed by atoms with E-state index in [9.17, 15) is 4.39 Å². The molecule has 1 nitrogen and oxygen atoms in total. The molecule has 0 aromatic heterocycles. The fourth-order valence-corrected chi connectivity index (χ4v) is 2.15. The van der Waals surface area contributed by atoms with Crippen molar-refractivity contribution < 1.29 is 4.39 Å². The molecule has 2 aromatic rings. The highest BCUT2D eigenvalue weighted by atomic mass is 79.9. The van der Waals surface area contributed by atoms with Crippen LogP contribution in [-0.4, -0.2) is 0 Å². The van der Waals surface area contributed by atoms with E-state index in [-0.39, 0.29) is 11.5 Å². The minimum Gasteiger partial charge on any atom is -0.396 e. The zero-order valence-electron chi connectivity index (χ0n) is 8.80. The van der Waals surface area contributed by atoms with Crippen LogP contribution in [0.25, 0.3) is 11.1 Å². The first-order valence-electron chi connectivity index (χ1n) is 4.90. The molecule has 0 aliphatic heterocycles. The van der Waals surface area contributed by atoms with Gasteiger partial charge in [0.25, 0.3) is 0 Å². The Bertz CT molecular complexity index is 523. The molecule has 0 aliphatic rings. The second-order valence-corrected chi connectivity index (χ2v) is 4.44. The molecule has 16 heavy (non-hydrogen) atoms. The molecule has 0 heterocycles. The highest BCUT2D eigenvalue weighted by Gasteiger charge is 2.13. The standard InChI is InChI=1S/C13H11BrFN/c1-8-7-10(9-5-3-2-4-6-9)11(14)12(15)13(8)16/h2-7H,16H2,1H3. The van der Waals surface area contributed by atoms with E-state index in [1.807, 2.05) is 36.4 Å². The third-order valence-electron chi connectivity index (χ3n) is 2.54. The molecule has 0 aliphatic carbocycles. The van der Waals surface area contributed by atoms with Gasteiger partial charge in [-0.15, -0.1) is 0 Å². The molecule has 0 amide bonds. The van der Waals surface area contributed by atoms with Gasteiger partial charge in [-0.25, -0.2) is 4.39 Å². The molecule has 0 spiro atoms. The first-order valence-corrected chi connectivity index (χ1v) is 5.70. The van der Waals surface area contributed by atoms with Crippen LogP contribution in [0, 0.1) is 12.7 Å². The molecule has 2 N–H and O–H groups in total. The van der Waals surface area contributed by atoms with E-state index in [0.717, 1.165) is 16.7 Å². The van der Waals surface area contributed by atoms with Gasteiger partial charge in [-0.1, -0.05) is 30.3 Å². The number of nitrogens with two attached hydrogens (primary N) is 1. The van der Waals surface area contributed by atoms with Crippen LogP contribution in [0.2, 0.25) is 0 Å². The van der Waals surface area contributed by atoms with E-state index in [2.05, 4.69) is 15.9 Å². The summed E-state index contributed by atoms with van der Waals surface area (Å²) in [4.78, 5) is 0. The molecular formula is C13H11BrFN. The quantitative estimate of drug-likeness (QED) is 0.780. The fraction of sp³-hybridized carbons (Fsp3) is 0.0769. The largest absolute Gasteiger partial charge is 0.396 e. The van der Waals surface area contributed by atoms with Crippen molar-refractivity contribution in [2.45, 2.75) is 6.92 Å². The predicted molar refractivity (Wildman–Crippen MR) is 68.7 cm³/mol. The van der Waals surface area contributed by atoms with E-state index >= 15 is 0 Å². The molecule has 0 bridgehead atoms. The highest BCUT2D eigenvalue weighted by molar-refractivity contribution is 9.10. The fourth-order valence-electron chi connectivity index (χ4n) is 1.59. The Morgan fingerprint density at radius 1 is 1.19 bits per heavy atom. The van der Waals surface area contributed by atoms with E-state index in [4.69, 9.17) is 5.73 Å². The van der Waals surface area contributed by atoms with Gasteiger partial charge < -0.3 is 5.73 Å². The molecule has 82 valence electrons. The summed E-state index contributed by atoms with van der Waals surface area (Å²) in [6.45, 7) is 1.80. The number of benzene rings is 2. The van der Waals surface area contributed by atoms with Gasteiger partial charge in [0.1, 0.15) is 0 Å². The molecule has 0 radical (unpaired) electrons. The topological polar surface area (TPSA) is 26.0 Å². The molecule has 0 unspecified atom stereocenters. The number of halogens is 2.